The summed E-state index contributed by atoms with van der Waals surface area (Å²) in [6, 6.07) is 0.287. The molecule has 0 aromatic carbocycles. The predicted octanol–water partition coefficient (Wildman–Crippen LogP) is 1.54. The summed E-state index contributed by atoms with van der Waals surface area (Å²) in [6.07, 6.45) is 0. The van der Waals surface area contributed by atoms with E-state index in [1.807, 2.05) is 20.8 Å². The number of nitrogens with zero attached hydrogens (tertiary/aromatic N) is 1. The topological polar surface area (TPSA) is 62.7 Å². The van der Waals surface area contributed by atoms with Crippen LogP contribution in [0, 0.1) is 5.92 Å². The molecule has 0 spiro atoms. The van der Waals surface area contributed by atoms with E-state index in [0.29, 0.717) is 11.9 Å². The maximum atomic E-state index is 11.5. The van der Waals surface area contributed by atoms with Crippen LogP contribution in [-0.4, -0.2) is 37.2 Å². The number of aliphatic imine (C=N–C) groups is 1. The van der Waals surface area contributed by atoms with Crippen LogP contribution in [0.1, 0.15) is 41.5 Å². The molecule has 18 heavy (non-hydrogen) atoms. The van der Waals surface area contributed by atoms with Gasteiger partial charge in [-0.15, -0.1) is 0 Å². The molecule has 106 valence electrons. The van der Waals surface area contributed by atoms with Crippen molar-refractivity contribution in [2.75, 3.05) is 13.6 Å². The fraction of sp³-hybridized carbons (Fsp3) is 0.846. The Balaban J connectivity index is 4.14. The van der Waals surface area contributed by atoms with E-state index in [1.54, 1.807) is 7.05 Å². The summed E-state index contributed by atoms with van der Waals surface area (Å²) < 4.78 is 5.20. The maximum Gasteiger partial charge on any atom is 0.325 e. The van der Waals surface area contributed by atoms with Gasteiger partial charge in [0.15, 0.2) is 5.96 Å². The fourth-order valence-corrected chi connectivity index (χ4v) is 1.11. The van der Waals surface area contributed by atoms with Crippen molar-refractivity contribution >= 4 is 11.9 Å². The Hall–Kier alpha value is -1.26. The Kier molecular flexibility index (Phi) is 6.73. The summed E-state index contributed by atoms with van der Waals surface area (Å²) >= 11 is 0. The number of nitrogens with one attached hydrogen (secondary N) is 2. The first-order valence-electron chi connectivity index (χ1n) is 6.34. The summed E-state index contributed by atoms with van der Waals surface area (Å²) in [4.78, 5) is 15.6. The Bertz CT molecular complexity index is 293. The van der Waals surface area contributed by atoms with Crippen molar-refractivity contribution in [2.45, 2.75) is 53.2 Å². The number of rotatable bonds is 4. The van der Waals surface area contributed by atoms with Crippen molar-refractivity contribution < 1.29 is 9.53 Å². The van der Waals surface area contributed by atoms with Crippen molar-refractivity contribution in [2.24, 2.45) is 10.9 Å². The van der Waals surface area contributed by atoms with Gasteiger partial charge in [0.25, 0.3) is 0 Å². The SMILES string of the molecule is CN=C(NCC(=O)OC(C)(C)C)NC(C)C(C)C. The number of guanidine groups is 1. The van der Waals surface area contributed by atoms with Crippen LogP contribution in [0.3, 0.4) is 0 Å². The molecular formula is C13H27N3O2. The van der Waals surface area contributed by atoms with Gasteiger partial charge >= 0.3 is 5.97 Å². The van der Waals surface area contributed by atoms with Crippen LogP contribution in [0.2, 0.25) is 0 Å². The first-order chi connectivity index (χ1) is 8.15. The first-order valence-corrected chi connectivity index (χ1v) is 6.34. The largest absolute Gasteiger partial charge is 0.459 e. The van der Waals surface area contributed by atoms with E-state index < -0.39 is 5.60 Å². The maximum absolute atomic E-state index is 11.5. The van der Waals surface area contributed by atoms with Crippen LogP contribution in [-0.2, 0) is 9.53 Å². The molecule has 0 radical (unpaired) electrons. The second-order valence-electron chi connectivity index (χ2n) is 5.69. The first kappa shape index (κ1) is 16.7. The molecular weight excluding hydrogens is 230 g/mol. The second kappa shape index (κ2) is 7.24. The Morgan fingerprint density at radius 3 is 2.22 bits per heavy atom. The second-order valence-corrected chi connectivity index (χ2v) is 5.69. The molecule has 0 amide bonds. The van der Waals surface area contributed by atoms with Crippen LogP contribution in [0.5, 0.6) is 0 Å². The average Bonchev–Trinajstić information content (AvgIpc) is 2.21. The molecule has 1 unspecified atom stereocenters. The molecule has 0 aliphatic carbocycles. The van der Waals surface area contributed by atoms with Crippen LogP contribution >= 0.6 is 0 Å². The molecule has 0 saturated heterocycles. The summed E-state index contributed by atoms with van der Waals surface area (Å²) in [5.74, 6) is 0.815. The van der Waals surface area contributed by atoms with E-state index in [4.69, 9.17) is 4.74 Å². The minimum atomic E-state index is -0.457. The minimum Gasteiger partial charge on any atom is -0.459 e. The highest BCUT2D eigenvalue weighted by Crippen LogP contribution is 2.06. The van der Waals surface area contributed by atoms with Crippen molar-refractivity contribution in [3.05, 3.63) is 0 Å². The van der Waals surface area contributed by atoms with Crippen molar-refractivity contribution in [1.29, 1.82) is 0 Å². The molecule has 0 heterocycles. The zero-order chi connectivity index (χ0) is 14.3. The smallest absolute Gasteiger partial charge is 0.325 e. The van der Waals surface area contributed by atoms with Gasteiger partial charge in [-0.05, 0) is 33.6 Å². The molecule has 1 atom stereocenters. The summed E-state index contributed by atoms with van der Waals surface area (Å²) in [5.41, 5.74) is -0.457. The van der Waals surface area contributed by atoms with Crippen LogP contribution in [0.15, 0.2) is 4.99 Å². The van der Waals surface area contributed by atoms with E-state index in [2.05, 4.69) is 36.4 Å². The predicted molar refractivity (Wildman–Crippen MR) is 74.6 cm³/mol. The van der Waals surface area contributed by atoms with E-state index in [-0.39, 0.29) is 18.6 Å². The number of hydrogen-bond donors (Lipinski definition) is 2. The molecule has 0 saturated carbocycles. The van der Waals surface area contributed by atoms with Gasteiger partial charge in [-0.1, -0.05) is 13.8 Å². The Morgan fingerprint density at radius 1 is 1.28 bits per heavy atom. The van der Waals surface area contributed by atoms with Gasteiger partial charge in [-0.2, -0.15) is 0 Å². The standard InChI is InChI=1S/C13H27N3O2/c1-9(2)10(3)16-12(14-7)15-8-11(17)18-13(4,5)6/h9-10H,8H2,1-7H3,(H2,14,15,16). The molecule has 0 aliphatic heterocycles. The molecule has 0 bridgehead atoms. The van der Waals surface area contributed by atoms with E-state index in [0.717, 1.165) is 0 Å². The minimum absolute atomic E-state index is 0.113. The monoisotopic (exact) mass is 257 g/mol. The molecule has 0 fully saturated rings. The van der Waals surface area contributed by atoms with E-state index in [9.17, 15) is 4.79 Å². The highest BCUT2D eigenvalue weighted by Gasteiger charge is 2.16. The highest BCUT2D eigenvalue weighted by atomic mass is 16.6. The Morgan fingerprint density at radius 2 is 1.83 bits per heavy atom. The van der Waals surface area contributed by atoms with Crippen molar-refractivity contribution in [3.8, 4) is 0 Å². The summed E-state index contributed by atoms with van der Waals surface area (Å²) in [5, 5.41) is 6.16. The zero-order valence-corrected chi connectivity index (χ0v) is 12.6. The molecule has 2 N–H and O–H groups in total. The third-order valence-electron chi connectivity index (χ3n) is 2.41. The molecule has 0 aliphatic rings. The van der Waals surface area contributed by atoms with Crippen LogP contribution < -0.4 is 10.6 Å². The van der Waals surface area contributed by atoms with Crippen LogP contribution in [0.4, 0.5) is 0 Å². The summed E-state index contributed by atoms with van der Waals surface area (Å²) in [6.45, 7) is 12.0. The van der Waals surface area contributed by atoms with Gasteiger partial charge in [0.05, 0.1) is 0 Å². The lowest BCUT2D eigenvalue weighted by Gasteiger charge is -2.22. The number of hydrogen-bond acceptors (Lipinski definition) is 3. The molecule has 0 aromatic rings. The van der Waals surface area contributed by atoms with Crippen molar-refractivity contribution in [1.82, 2.24) is 10.6 Å². The van der Waals surface area contributed by atoms with Gasteiger partial charge in [-0.25, -0.2) is 0 Å². The molecule has 5 heteroatoms. The lowest BCUT2D eigenvalue weighted by molar-refractivity contribution is -0.153. The van der Waals surface area contributed by atoms with E-state index >= 15 is 0 Å². The number of esters is 1. The number of carbonyl (C=O) groups is 1. The highest BCUT2D eigenvalue weighted by molar-refractivity contribution is 5.84. The Labute approximate surface area is 110 Å². The fourth-order valence-electron chi connectivity index (χ4n) is 1.11. The van der Waals surface area contributed by atoms with E-state index in [1.165, 1.54) is 0 Å². The molecule has 0 aromatic heterocycles. The lowest BCUT2D eigenvalue weighted by atomic mass is 10.1. The number of ether oxygens (including phenoxy) is 1. The van der Waals surface area contributed by atoms with Crippen LogP contribution in [0.25, 0.3) is 0 Å². The molecule has 5 nitrogen and oxygen atoms in total. The van der Waals surface area contributed by atoms with Gasteiger partial charge in [0.1, 0.15) is 12.1 Å². The van der Waals surface area contributed by atoms with Gasteiger partial charge in [0, 0.05) is 13.1 Å². The number of carbonyl (C=O) groups excluding carboxylic acids is 1. The van der Waals surface area contributed by atoms with Gasteiger partial charge in [0.2, 0.25) is 0 Å². The van der Waals surface area contributed by atoms with Gasteiger partial charge in [-0.3, -0.25) is 9.79 Å². The summed E-state index contributed by atoms with van der Waals surface area (Å²) in [7, 11) is 1.68. The normalized spacial score (nSPS) is 14.3. The molecule has 0 rings (SSSR count). The third-order valence-corrected chi connectivity index (χ3v) is 2.41. The van der Waals surface area contributed by atoms with Crippen molar-refractivity contribution in [3.63, 3.8) is 0 Å². The lowest BCUT2D eigenvalue weighted by Crippen LogP contribution is -2.46. The third kappa shape index (κ3) is 7.92. The quantitative estimate of drug-likeness (QED) is 0.455. The van der Waals surface area contributed by atoms with Gasteiger partial charge < -0.3 is 15.4 Å². The zero-order valence-electron chi connectivity index (χ0n) is 12.6. The average molecular weight is 257 g/mol.